The van der Waals surface area contributed by atoms with Gasteiger partial charge in [-0.25, -0.2) is 0 Å². The normalized spacial score (nSPS) is 10.4. The Hall–Kier alpha value is -2.40. The van der Waals surface area contributed by atoms with Crippen molar-refractivity contribution in [2.75, 3.05) is 0 Å². The number of benzene rings is 2. The zero-order chi connectivity index (χ0) is 11.0. The number of hydrogen-bond donors (Lipinski definition) is 0. The van der Waals surface area contributed by atoms with Crippen LogP contribution in [-0.2, 0) is 0 Å². The van der Waals surface area contributed by atoms with E-state index in [1.54, 1.807) is 6.07 Å². The maximum absolute atomic E-state index is 6.99. The van der Waals surface area contributed by atoms with Gasteiger partial charge >= 0.3 is 0 Å². The van der Waals surface area contributed by atoms with Gasteiger partial charge in [0, 0.05) is 10.8 Å². The third-order valence-corrected chi connectivity index (χ3v) is 2.68. The molecule has 74 valence electrons. The topological polar surface area (TPSA) is 17.2 Å². The van der Waals surface area contributed by atoms with Crippen LogP contribution in [0, 0.1) is 6.57 Å². The number of fused-ring (bicyclic) bond motifs is 3. The summed E-state index contributed by atoms with van der Waals surface area (Å²) < 4.78 is 0. The molecule has 2 nitrogen and oxygen atoms in total. The van der Waals surface area contributed by atoms with Crippen LogP contribution in [0.5, 0.6) is 0 Å². The largest absolute Gasteiger partial charge is 0.361 e. The van der Waals surface area contributed by atoms with Crippen molar-refractivity contribution in [2.24, 2.45) is 0 Å². The van der Waals surface area contributed by atoms with Crippen molar-refractivity contribution >= 4 is 27.5 Å². The SMILES string of the molecule is [C-]#[N+]c1ccc2ccc3ccccc3c2n1. The second-order valence-electron chi connectivity index (χ2n) is 3.64. The number of hydrogen-bond acceptors (Lipinski definition) is 1. The molecule has 0 radical (unpaired) electrons. The van der Waals surface area contributed by atoms with Crippen LogP contribution in [0.2, 0.25) is 0 Å². The molecular formula is C14H8N2. The van der Waals surface area contributed by atoms with Crippen LogP contribution < -0.4 is 0 Å². The molecule has 0 spiro atoms. The first kappa shape index (κ1) is 8.87. The summed E-state index contributed by atoms with van der Waals surface area (Å²) in [5, 5.41) is 3.33. The Kier molecular flexibility index (Phi) is 1.84. The zero-order valence-electron chi connectivity index (χ0n) is 8.51. The molecule has 0 aliphatic carbocycles. The van der Waals surface area contributed by atoms with E-state index >= 15 is 0 Å². The van der Waals surface area contributed by atoms with Gasteiger partial charge in [-0.15, -0.1) is 4.98 Å². The van der Waals surface area contributed by atoms with Crippen LogP contribution in [0.3, 0.4) is 0 Å². The van der Waals surface area contributed by atoms with Crippen LogP contribution >= 0.6 is 0 Å². The Morgan fingerprint density at radius 3 is 2.50 bits per heavy atom. The molecule has 0 aliphatic heterocycles. The van der Waals surface area contributed by atoms with Gasteiger partial charge in [-0.3, -0.25) is 0 Å². The molecule has 2 heteroatoms. The van der Waals surface area contributed by atoms with E-state index in [9.17, 15) is 0 Å². The molecule has 3 aromatic rings. The fraction of sp³-hybridized carbons (Fsp3) is 0. The lowest BCUT2D eigenvalue weighted by molar-refractivity contribution is 1.45. The van der Waals surface area contributed by atoms with E-state index in [0.29, 0.717) is 5.82 Å². The quantitative estimate of drug-likeness (QED) is 0.400. The van der Waals surface area contributed by atoms with Gasteiger partial charge in [0.05, 0.1) is 0 Å². The molecule has 0 saturated heterocycles. The first-order valence-electron chi connectivity index (χ1n) is 5.04. The Morgan fingerprint density at radius 2 is 1.62 bits per heavy atom. The van der Waals surface area contributed by atoms with Gasteiger partial charge in [0.25, 0.3) is 5.82 Å². The number of aromatic nitrogens is 1. The van der Waals surface area contributed by atoms with E-state index in [0.717, 1.165) is 21.7 Å². The monoisotopic (exact) mass is 204 g/mol. The first-order chi connectivity index (χ1) is 7.88. The number of pyridine rings is 1. The van der Waals surface area contributed by atoms with E-state index < -0.39 is 0 Å². The van der Waals surface area contributed by atoms with Gasteiger partial charge in [0.2, 0.25) is 0 Å². The average molecular weight is 204 g/mol. The van der Waals surface area contributed by atoms with Crippen molar-refractivity contribution in [3.8, 4) is 0 Å². The van der Waals surface area contributed by atoms with Crippen molar-refractivity contribution in [1.29, 1.82) is 0 Å². The highest BCUT2D eigenvalue weighted by molar-refractivity contribution is 6.05. The maximum atomic E-state index is 6.99. The summed E-state index contributed by atoms with van der Waals surface area (Å²) in [6.45, 7) is 6.99. The van der Waals surface area contributed by atoms with Crippen molar-refractivity contribution in [1.82, 2.24) is 4.98 Å². The number of rotatable bonds is 0. The second kappa shape index (κ2) is 3.32. The van der Waals surface area contributed by atoms with Crippen LogP contribution in [0.25, 0.3) is 26.5 Å². The standard InChI is InChI=1S/C14H8N2/c1-15-13-9-8-11-7-6-10-4-2-3-5-12(10)14(11)16-13/h2-9H. The molecule has 1 heterocycles. The molecule has 0 atom stereocenters. The number of nitrogens with zero attached hydrogens (tertiary/aromatic N) is 2. The highest BCUT2D eigenvalue weighted by atomic mass is 14.9. The highest BCUT2D eigenvalue weighted by Crippen LogP contribution is 2.25. The summed E-state index contributed by atoms with van der Waals surface area (Å²) in [5.41, 5.74) is 0.909. The lowest BCUT2D eigenvalue weighted by Crippen LogP contribution is -1.81. The Labute approximate surface area is 93.0 Å². The molecule has 0 aliphatic rings. The first-order valence-corrected chi connectivity index (χ1v) is 5.04. The minimum absolute atomic E-state index is 0.448. The molecule has 16 heavy (non-hydrogen) atoms. The average Bonchev–Trinajstić information content (AvgIpc) is 2.38. The molecule has 0 saturated carbocycles. The van der Waals surface area contributed by atoms with E-state index in [4.69, 9.17) is 6.57 Å². The van der Waals surface area contributed by atoms with Crippen molar-refractivity contribution in [3.05, 3.63) is 59.9 Å². The lowest BCUT2D eigenvalue weighted by atomic mass is 10.1. The van der Waals surface area contributed by atoms with Gasteiger partial charge in [0.1, 0.15) is 0 Å². The predicted molar refractivity (Wildman–Crippen MR) is 65.5 cm³/mol. The molecular weight excluding hydrogens is 196 g/mol. The van der Waals surface area contributed by atoms with Crippen LogP contribution in [0.4, 0.5) is 5.82 Å². The van der Waals surface area contributed by atoms with Gasteiger partial charge < -0.3 is 4.85 Å². The van der Waals surface area contributed by atoms with Gasteiger partial charge in [-0.1, -0.05) is 43.0 Å². The fourth-order valence-electron chi connectivity index (χ4n) is 1.91. The lowest BCUT2D eigenvalue weighted by Gasteiger charge is -2.00. The molecule has 0 unspecified atom stereocenters. The predicted octanol–water partition coefficient (Wildman–Crippen LogP) is 3.94. The summed E-state index contributed by atoms with van der Waals surface area (Å²) in [6, 6.07) is 15.9. The Balaban J connectivity index is 2.53. The van der Waals surface area contributed by atoms with E-state index in [2.05, 4.69) is 22.0 Å². The summed E-state index contributed by atoms with van der Waals surface area (Å²) in [4.78, 5) is 7.73. The van der Waals surface area contributed by atoms with Crippen molar-refractivity contribution in [2.45, 2.75) is 0 Å². The molecule has 0 N–H and O–H groups in total. The van der Waals surface area contributed by atoms with Gasteiger partial charge in [-0.05, 0) is 17.5 Å². The second-order valence-corrected chi connectivity index (χ2v) is 3.64. The molecule has 3 rings (SSSR count). The van der Waals surface area contributed by atoms with Gasteiger partial charge in [0.15, 0.2) is 5.52 Å². The summed E-state index contributed by atoms with van der Waals surface area (Å²) >= 11 is 0. The smallest absolute Gasteiger partial charge is 0.270 e. The Morgan fingerprint density at radius 1 is 0.875 bits per heavy atom. The van der Waals surface area contributed by atoms with Crippen LogP contribution in [0.15, 0.2) is 48.5 Å². The molecule has 0 fully saturated rings. The third-order valence-electron chi connectivity index (χ3n) is 2.68. The summed E-state index contributed by atoms with van der Waals surface area (Å²) in [5.74, 6) is 0.448. The molecule has 0 amide bonds. The summed E-state index contributed by atoms with van der Waals surface area (Å²) in [6.07, 6.45) is 0. The van der Waals surface area contributed by atoms with E-state index in [1.807, 2.05) is 30.3 Å². The fourth-order valence-corrected chi connectivity index (χ4v) is 1.91. The third kappa shape index (κ3) is 1.23. The molecule has 1 aromatic heterocycles. The van der Waals surface area contributed by atoms with Crippen LogP contribution in [-0.4, -0.2) is 4.98 Å². The molecule has 2 aromatic carbocycles. The summed E-state index contributed by atoms with van der Waals surface area (Å²) in [7, 11) is 0. The van der Waals surface area contributed by atoms with Crippen LogP contribution in [0.1, 0.15) is 0 Å². The Bertz CT molecular complexity index is 723. The van der Waals surface area contributed by atoms with Crippen molar-refractivity contribution in [3.63, 3.8) is 0 Å². The van der Waals surface area contributed by atoms with E-state index in [1.165, 1.54) is 0 Å². The highest BCUT2D eigenvalue weighted by Gasteiger charge is 2.05. The van der Waals surface area contributed by atoms with Crippen molar-refractivity contribution < 1.29 is 0 Å². The van der Waals surface area contributed by atoms with E-state index in [-0.39, 0.29) is 0 Å². The maximum Gasteiger partial charge on any atom is 0.270 e. The zero-order valence-corrected chi connectivity index (χ0v) is 8.51. The molecule has 0 bridgehead atoms. The van der Waals surface area contributed by atoms with Gasteiger partial charge in [-0.2, -0.15) is 0 Å². The minimum Gasteiger partial charge on any atom is -0.361 e. The minimum atomic E-state index is 0.448.